The van der Waals surface area contributed by atoms with Gasteiger partial charge >= 0.3 is 0 Å². The number of nitrogens with zero attached hydrogens (tertiary/aromatic N) is 2. The summed E-state index contributed by atoms with van der Waals surface area (Å²) >= 11 is 0. The second kappa shape index (κ2) is 4.86. The van der Waals surface area contributed by atoms with E-state index in [1.165, 1.54) is 16.8 Å². The minimum Gasteiger partial charge on any atom is -0.392 e. The molecule has 18 heavy (non-hydrogen) atoms. The highest BCUT2D eigenvalue weighted by Gasteiger charge is 2.12. The third-order valence-electron chi connectivity index (χ3n) is 3.22. The molecule has 2 aromatic rings. The zero-order chi connectivity index (χ0) is 13.3. The van der Waals surface area contributed by atoms with Crippen molar-refractivity contribution < 1.29 is 5.11 Å². The van der Waals surface area contributed by atoms with Crippen LogP contribution < -0.4 is 9.80 Å². The van der Waals surface area contributed by atoms with Gasteiger partial charge < -0.3 is 14.9 Å². The Morgan fingerprint density at radius 2 is 1.50 bits per heavy atom. The van der Waals surface area contributed by atoms with Crippen molar-refractivity contribution in [3.63, 3.8) is 0 Å². The largest absolute Gasteiger partial charge is 0.392 e. The van der Waals surface area contributed by atoms with Crippen molar-refractivity contribution in [1.82, 2.24) is 0 Å². The molecule has 96 valence electrons. The van der Waals surface area contributed by atoms with Crippen LogP contribution in [0.2, 0.25) is 0 Å². The minimum atomic E-state index is 0.0705. The third kappa shape index (κ3) is 2.02. The van der Waals surface area contributed by atoms with E-state index >= 15 is 0 Å². The van der Waals surface area contributed by atoms with Crippen LogP contribution in [0.5, 0.6) is 0 Å². The molecule has 2 aromatic carbocycles. The lowest BCUT2D eigenvalue weighted by Crippen LogP contribution is -2.13. The standard InChI is InChI=1S/C15H20N2O/c1-16(2)13-7-5-6-12-11(10-18)8-9-14(15(12)13)17(3)4/h5-9,18H,10H2,1-4H3. The van der Waals surface area contributed by atoms with Crippen LogP contribution in [-0.2, 0) is 6.61 Å². The summed E-state index contributed by atoms with van der Waals surface area (Å²) in [6.07, 6.45) is 0. The molecule has 0 aliphatic carbocycles. The zero-order valence-corrected chi connectivity index (χ0v) is 11.4. The number of fused-ring (bicyclic) bond motifs is 1. The molecule has 3 heteroatoms. The average molecular weight is 244 g/mol. The maximum atomic E-state index is 9.47. The van der Waals surface area contributed by atoms with E-state index < -0.39 is 0 Å². The van der Waals surface area contributed by atoms with Crippen LogP contribution in [0.3, 0.4) is 0 Å². The molecule has 1 N–H and O–H groups in total. The van der Waals surface area contributed by atoms with Crippen molar-refractivity contribution >= 4 is 22.1 Å². The molecule has 3 nitrogen and oxygen atoms in total. The van der Waals surface area contributed by atoms with Crippen LogP contribution in [0.1, 0.15) is 5.56 Å². The molecule has 2 rings (SSSR count). The van der Waals surface area contributed by atoms with E-state index in [2.05, 4.69) is 28.0 Å². The lowest BCUT2D eigenvalue weighted by atomic mass is 10.0. The smallest absolute Gasteiger partial charge is 0.0687 e. The van der Waals surface area contributed by atoms with E-state index in [1.807, 2.05) is 40.3 Å². The van der Waals surface area contributed by atoms with Gasteiger partial charge in [0.25, 0.3) is 0 Å². The van der Waals surface area contributed by atoms with Crippen LogP contribution in [0, 0.1) is 0 Å². The monoisotopic (exact) mass is 244 g/mol. The number of benzene rings is 2. The SMILES string of the molecule is CN(C)c1cccc2c(CO)ccc(N(C)C)c12. The first-order valence-electron chi connectivity index (χ1n) is 6.06. The number of hydrogen-bond acceptors (Lipinski definition) is 3. The number of rotatable bonds is 3. The second-order valence-electron chi connectivity index (χ2n) is 4.89. The van der Waals surface area contributed by atoms with E-state index in [1.54, 1.807) is 0 Å². The van der Waals surface area contributed by atoms with Crippen LogP contribution >= 0.6 is 0 Å². The highest BCUT2D eigenvalue weighted by Crippen LogP contribution is 2.35. The summed E-state index contributed by atoms with van der Waals surface area (Å²) in [4.78, 5) is 4.22. The summed E-state index contributed by atoms with van der Waals surface area (Å²) in [6, 6.07) is 10.3. The van der Waals surface area contributed by atoms with Crippen molar-refractivity contribution in [2.75, 3.05) is 38.0 Å². The number of hydrogen-bond donors (Lipinski definition) is 1. The summed E-state index contributed by atoms with van der Waals surface area (Å²) in [7, 11) is 8.17. The fraction of sp³-hybridized carbons (Fsp3) is 0.333. The highest BCUT2D eigenvalue weighted by molar-refractivity contribution is 6.05. The topological polar surface area (TPSA) is 26.7 Å². The van der Waals surface area contributed by atoms with Gasteiger partial charge in [0.15, 0.2) is 0 Å². The van der Waals surface area contributed by atoms with Gasteiger partial charge in [-0.25, -0.2) is 0 Å². The Morgan fingerprint density at radius 3 is 2.06 bits per heavy atom. The van der Waals surface area contributed by atoms with Gasteiger partial charge in [0.05, 0.1) is 6.61 Å². The summed E-state index contributed by atoms with van der Waals surface area (Å²) in [5, 5.41) is 11.8. The van der Waals surface area contributed by atoms with Crippen LogP contribution in [-0.4, -0.2) is 33.3 Å². The molecule has 0 aliphatic heterocycles. The molecule has 0 radical (unpaired) electrons. The van der Waals surface area contributed by atoms with Gasteiger partial charge in [-0.15, -0.1) is 0 Å². The molecule has 0 unspecified atom stereocenters. The zero-order valence-electron chi connectivity index (χ0n) is 11.4. The first kappa shape index (κ1) is 12.7. The predicted molar refractivity (Wildman–Crippen MR) is 78.5 cm³/mol. The third-order valence-corrected chi connectivity index (χ3v) is 3.22. The lowest BCUT2D eigenvalue weighted by molar-refractivity contribution is 0.283. The van der Waals surface area contributed by atoms with Gasteiger partial charge in [-0.3, -0.25) is 0 Å². The van der Waals surface area contributed by atoms with Gasteiger partial charge in [0.1, 0.15) is 0 Å². The van der Waals surface area contributed by atoms with Crippen molar-refractivity contribution in [3.8, 4) is 0 Å². The molecular weight excluding hydrogens is 224 g/mol. The van der Waals surface area contributed by atoms with E-state index in [-0.39, 0.29) is 6.61 Å². The Bertz CT molecular complexity index is 547. The van der Waals surface area contributed by atoms with E-state index in [0.717, 1.165) is 10.9 Å². The average Bonchev–Trinajstić information content (AvgIpc) is 2.36. The molecule has 0 aromatic heterocycles. The van der Waals surface area contributed by atoms with E-state index in [4.69, 9.17) is 0 Å². The van der Waals surface area contributed by atoms with E-state index in [9.17, 15) is 5.11 Å². The van der Waals surface area contributed by atoms with Crippen molar-refractivity contribution in [3.05, 3.63) is 35.9 Å². The first-order valence-corrected chi connectivity index (χ1v) is 6.06. The molecule has 0 atom stereocenters. The van der Waals surface area contributed by atoms with Gasteiger partial charge in [-0.05, 0) is 23.1 Å². The summed E-state index contributed by atoms with van der Waals surface area (Å²) in [6.45, 7) is 0.0705. The fourth-order valence-corrected chi connectivity index (χ4v) is 2.31. The Hall–Kier alpha value is -1.74. The molecule has 0 saturated carbocycles. The van der Waals surface area contributed by atoms with Gasteiger partial charge in [-0.1, -0.05) is 18.2 Å². The number of aliphatic hydroxyl groups excluding tert-OH is 1. The molecule has 0 fully saturated rings. The number of aliphatic hydroxyl groups is 1. The lowest BCUT2D eigenvalue weighted by Gasteiger charge is -2.22. The Kier molecular flexibility index (Phi) is 3.43. The Labute approximate surface area is 108 Å². The molecular formula is C15H20N2O. The van der Waals surface area contributed by atoms with Crippen molar-refractivity contribution in [2.24, 2.45) is 0 Å². The fourth-order valence-electron chi connectivity index (χ4n) is 2.31. The molecule has 0 bridgehead atoms. The predicted octanol–water partition coefficient (Wildman–Crippen LogP) is 2.46. The number of anilines is 2. The summed E-state index contributed by atoms with van der Waals surface area (Å²) in [5.74, 6) is 0. The maximum absolute atomic E-state index is 9.47. The van der Waals surface area contributed by atoms with Gasteiger partial charge in [-0.2, -0.15) is 0 Å². The molecule has 0 amide bonds. The summed E-state index contributed by atoms with van der Waals surface area (Å²) in [5.41, 5.74) is 3.32. The first-order chi connectivity index (χ1) is 8.56. The van der Waals surface area contributed by atoms with Crippen LogP contribution in [0.15, 0.2) is 30.3 Å². The Balaban J connectivity index is 2.87. The normalized spacial score (nSPS) is 10.7. The van der Waals surface area contributed by atoms with Gasteiger partial charge in [0, 0.05) is 45.0 Å². The molecule has 0 spiro atoms. The Morgan fingerprint density at radius 1 is 0.889 bits per heavy atom. The minimum absolute atomic E-state index is 0.0705. The van der Waals surface area contributed by atoms with E-state index in [0.29, 0.717) is 0 Å². The molecule has 0 aliphatic rings. The maximum Gasteiger partial charge on any atom is 0.0687 e. The van der Waals surface area contributed by atoms with Crippen molar-refractivity contribution in [2.45, 2.75) is 6.61 Å². The molecule has 0 saturated heterocycles. The van der Waals surface area contributed by atoms with Crippen LogP contribution in [0.25, 0.3) is 10.8 Å². The quantitative estimate of drug-likeness (QED) is 0.898. The van der Waals surface area contributed by atoms with Gasteiger partial charge in [0.2, 0.25) is 0 Å². The molecule has 0 heterocycles. The van der Waals surface area contributed by atoms with Crippen LogP contribution in [0.4, 0.5) is 11.4 Å². The van der Waals surface area contributed by atoms with Crippen molar-refractivity contribution in [1.29, 1.82) is 0 Å². The second-order valence-corrected chi connectivity index (χ2v) is 4.89. The summed E-state index contributed by atoms with van der Waals surface area (Å²) < 4.78 is 0. The highest BCUT2D eigenvalue weighted by atomic mass is 16.3.